The van der Waals surface area contributed by atoms with Gasteiger partial charge >= 0.3 is 0 Å². The first-order chi connectivity index (χ1) is 7.72. The summed E-state index contributed by atoms with van der Waals surface area (Å²) in [6, 6.07) is 8.00. The summed E-state index contributed by atoms with van der Waals surface area (Å²) in [5.41, 5.74) is 6.27. The number of methoxy groups -OCH3 is 1. The lowest BCUT2D eigenvalue weighted by Crippen LogP contribution is -2.29. The van der Waals surface area contributed by atoms with Crippen molar-refractivity contribution >= 4 is 5.91 Å². The average molecular weight is 222 g/mol. The molecular weight excluding hydrogens is 204 g/mol. The van der Waals surface area contributed by atoms with Crippen LogP contribution in [0.1, 0.15) is 12.0 Å². The predicted octanol–water partition coefficient (Wildman–Crippen LogP) is 0.703. The van der Waals surface area contributed by atoms with Crippen LogP contribution >= 0.6 is 0 Å². The Bertz CT molecular complexity index is 322. The van der Waals surface area contributed by atoms with E-state index in [1.165, 1.54) is 5.56 Å². The van der Waals surface area contributed by atoms with E-state index in [0.717, 1.165) is 25.1 Å². The van der Waals surface area contributed by atoms with Crippen LogP contribution < -0.4 is 15.8 Å². The summed E-state index contributed by atoms with van der Waals surface area (Å²) in [5, 5.41) is 2.98. The summed E-state index contributed by atoms with van der Waals surface area (Å²) in [5.74, 6) is 0.556. The largest absolute Gasteiger partial charge is 0.497 e. The van der Waals surface area contributed by atoms with Crippen LogP contribution in [0.25, 0.3) is 0 Å². The fourth-order valence-corrected chi connectivity index (χ4v) is 1.42. The van der Waals surface area contributed by atoms with Crippen molar-refractivity contribution in [3.8, 4) is 5.75 Å². The zero-order valence-corrected chi connectivity index (χ0v) is 9.53. The topological polar surface area (TPSA) is 64.3 Å². The standard InChI is InChI=1S/C12H18N2O2/c1-16-11-6-4-10(5-7-11)3-2-8-14-9-12(13)15/h4-7,14H,2-3,8-9H2,1H3,(H2,13,15). The van der Waals surface area contributed by atoms with Crippen LogP contribution in [-0.2, 0) is 11.2 Å². The molecular formula is C12H18N2O2. The number of hydrogen-bond donors (Lipinski definition) is 2. The maximum atomic E-state index is 10.4. The van der Waals surface area contributed by atoms with Gasteiger partial charge in [-0.3, -0.25) is 4.79 Å². The Morgan fingerprint density at radius 1 is 1.38 bits per heavy atom. The first-order valence-electron chi connectivity index (χ1n) is 5.34. The Morgan fingerprint density at radius 2 is 2.06 bits per heavy atom. The molecule has 0 aliphatic carbocycles. The van der Waals surface area contributed by atoms with Crippen molar-refractivity contribution in [2.75, 3.05) is 20.2 Å². The van der Waals surface area contributed by atoms with E-state index in [0.29, 0.717) is 0 Å². The van der Waals surface area contributed by atoms with Crippen molar-refractivity contribution in [2.24, 2.45) is 5.73 Å². The van der Waals surface area contributed by atoms with Crippen LogP contribution in [0.15, 0.2) is 24.3 Å². The molecule has 88 valence electrons. The minimum atomic E-state index is -0.315. The van der Waals surface area contributed by atoms with Gasteiger partial charge in [0.05, 0.1) is 13.7 Å². The number of nitrogens with one attached hydrogen (secondary N) is 1. The SMILES string of the molecule is COc1ccc(CCCNCC(N)=O)cc1. The number of nitrogens with two attached hydrogens (primary N) is 1. The molecule has 0 saturated heterocycles. The summed E-state index contributed by atoms with van der Waals surface area (Å²) >= 11 is 0. The Labute approximate surface area is 95.8 Å². The molecule has 0 saturated carbocycles. The van der Waals surface area contributed by atoms with Crippen LogP contribution in [0, 0.1) is 0 Å². The summed E-state index contributed by atoms with van der Waals surface area (Å²) in [6.45, 7) is 1.05. The predicted molar refractivity (Wildman–Crippen MR) is 63.4 cm³/mol. The lowest BCUT2D eigenvalue weighted by Gasteiger charge is -2.04. The molecule has 0 heterocycles. The Kier molecular flexibility index (Phi) is 5.36. The number of ether oxygens (including phenoxy) is 1. The van der Waals surface area contributed by atoms with Gasteiger partial charge in [0.25, 0.3) is 0 Å². The summed E-state index contributed by atoms with van der Waals surface area (Å²) in [7, 11) is 1.66. The van der Waals surface area contributed by atoms with Gasteiger partial charge in [-0.15, -0.1) is 0 Å². The first kappa shape index (κ1) is 12.5. The molecule has 16 heavy (non-hydrogen) atoms. The number of primary amides is 1. The average Bonchev–Trinajstić information content (AvgIpc) is 2.29. The summed E-state index contributed by atoms with van der Waals surface area (Å²) < 4.78 is 5.07. The smallest absolute Gasteiger partial charge is 0.231 e. The molecule has 0 aliphatic rings. The molecule has 0 aliphatic heterocycles. The fraction of sp³-hybridized carbons (Fsp3) is 0.417. The van der Waals surface area contributed by atoms with Gasteiger partial charge in [0, 0.05) is 0 Å². The maximum Gasteiger partial charge on any atom is 0.231 e. The monoisotopic (exact) mass is 222 g/mol. The highest BCUT2D eigenvalue weighted by atomic mass is 16.5. The van der Waals surface area contributed by atoms with E-state index >= 15 is 0 Å². The lowest BCUT2D eigenvalue weighted by atomic mass is 10.1. The Morgan fingerprint density at radius 3 is 2.62 bits per heavy atom. The minimum Gasteiger partial charge on any atom is -0.497 e. The molecule has 4 nitrogen and oxygen atoms in total. The third-order valence-electron chi connectivity index (χ3n) is 2.28. The number of benzene rings is 1. The molecule has 0 fully saturated rings. The van der Waals surface area contributed by atoms with Crippen molar-refractivity contribution in [3.05, 3.63) is 29.8 Å². The van der Waals surface area contributed by atoms with Gasteiger partial charge < -0.3 is 15.8 Å². The number of hydrogen-bond acceptors (Lipinski definition) is 3. The highest BCUT2D eigenvalue weighted by Gasteiger charge is 1.96. The molecule has 1 aromatic rings. The third kappa shape index (κ3) is 4.79. The van der Waals surface area contributed by atoms with Crippen molar-refractivity contribution in [1.29, 1.82) is 0 Å². The molecule has 0 aromatic heterocycles. The summed E-state index contributed by atoms with van der Waals surface area (Å²) in [6.07, 6.45) is 1.97. The van der Waals surface area contributed by atoms with Crippen LogP contribution in [0.3, 0.4) is 0 Å². The number of carbonyl (C=O) groups excluding carboxylic acids is 1. The van der Waals surface area contributed by atoms with E-state index in [4.69, 9.17) is 10.5 Å². The van der Waals surface area contributed by atoms with Gasteiger partial charge in [-0.1, -0.05) is 12.1 Å². The van der Waals surface area contributed by atoms with E-state index in [-0.39, 0.29) is 12.5 Å². The zero-order chi connectivity index (χ0) is 11.8. The Balaban J connectivity index is 2.19. The fourth-order valence-electron chi connectivity index (χ4n) is 1.42. The van der Waals surface area contributed by atoms with Crippen molar-refractivity contribution in [2.45, 2.75) is 12.8 Å². The Hall–Kier alpha value is -1.55. The molecule has 1 rings (SSSR count). The van der Waals surface area contributed by atoms with Crippen LogP contribution in [0.4, 0.5) is 0 Å². The minimum absolute atomic E-state index is 0.253. The van der Waals surface area contributed by atoms with E-state index in [1.54, 1.807) is 7.11 Å². The van der Waals surface area contributed by atoms with Gasteiger partial charge in [0.2, 0.25) is 5.91 Å². The molecule has 4 heteroatoms. The van der Waals surface area contributed by atoms with Gasteiger partial charge in [0.1, 0.15) is 5.75 Å². The van der Waals surface area contributed by atoms with E-state index in [9.17, 15) is 4.79 Å². The van der Waals surface area contributed by atoms with E-state index < -0.39 is 0 Å². The van der Waals surface area contributed by atoms with Gasteiger partial charge in [-0.2, -0.15) is 0 Å². The number of amides is 1. The van der Waals surface area contributed by atoms with E-state index in [2.05, 4.69) is 5.32 Å². The molecule has 0 unspecified atom stereocenters. The quantitative estimate of drug-likeness (QED) is 0.668. The highest BCUT2D eigenvalue weighted by Crippen LogP contribution is 2.12. The van der Waals surface area contributed by atoms with Crippen molar-refractivity contribution < 1.29 is 9.53 Å². The molecule has 0 bridgehead atoms. The van der Waals surface area contributed by atoms with Crippen LogP contribution in [0.5, 0.6) is 5.75 Å². The van der Waals surface area contributed by atoms with Crippen molar-refractivity contribution in [1.82, 2.24) is 5.32 Å². The molecule has 1 amide bonds. The maximum absolute atomic E-state index is 10.4. The highest BCUT2D eigenvalue weighted by molar-refractivity contribution is 5.75. The number of aryl methyl sites for hydroxylation is 1. The van der Waals surface area contributed by atoms with Gasteiger partial charge in [0.15, 0.2) is 0 Å². The zero-order valence-electron chi connectivity index (χ0n) is 9.53. The second kappa shape index (κ2) is 6.85. The molecule has 0 atom stereocenters. The van der Waals surface area contributed by atoms with Crippen molar-refractivity contribution in [3.63, 3.8) is 0 Å². The summed E-state index contributed by atoms with van der Waals surface area (Å²) in [4.78, 5) is 10.4. The van der Waals surface area contributed by atoms with Crippen LogP contribution in [0.2, 0.25) is 0 Å². The number of rotatable bonds is 7. The van der Waals surface area contributed by atoms with Gasteiger partial charge in [-0.25, -0.2) is 0 Å². The second-order valence-electron chi connectivity index (χ2n) is 3.59. The second-order valence-corrected chi connectivity index (χ2v) is 3.59. The molecule has 1 aromatic carbocycles. The van der Waals surface area contributed by atoms with Crippen LogP contribution in [-0.4, -0.2) is 26.1 Å². The molecule has 0 spiro atoms. The van der Waals surface area contributed by atoms with Gasteiger partial charge in [-0.05, 0) is 37.1 Å². The lowest BCUT2D eigenvalue weighted by molar-refractivity contribution is -0.117. The first-order valence-corrected chi connectivity index (χ1v) is 5.34. The third-order valence-corrected chi connectivity index (χ3v) is 2.28. The normalized spacial score (nSPS) is 10.1. The molecule has 3 N–H and O–H groups in total. The van der Waals surface area contributed by atoms with E-state index in [1.807, 2.05) is 24.3 Å². The number of carbonyl (C=O) groups is 1. The molecule has 0 radical (unpaired) electrons.